The second kappa shape index (κ2) is 25.0. The van der Waals surface area contributed by atoms with E-state index in [2.05, 4.69) is 30.7 Å². The molecule has 0 unspecified atom stereocenters. The van der Waals surface area contributed by atoms with Gasteiger partial charge in [-0.3, -0.25) is 39.4 Å². The molecule has 0 bridgehead atoms. The van der Waals surface area contributed by atoms with Crippen molar-refractivity contribution in [2.45, 2.75) is 92.8 Å². The number of amides is 4. The topological polar surface area (TPSA) is 304 Å². The number of halogens is 1. The van der Waals surface area contributed by atoms with Gasteiger partial charge in [-0.05, 0) is 105 Å². The summed E-state index contributed by atoms with van der Waals surface area (Å²) in [4.78, 5) is 76.9. The van der Waals surface area contributed by atoms with Gasteiger partial charge < -0.3 is 26.0 Å². The van der Waals surface area contributed by atoms with E-state index in [9.17, 15) is 56.2 Å². The molecule has 4 atom stereocenters. The van der Waals surface area contributed by atoms with Crippen LogP contribution in [0.5, 0.6) is 5.75 Å². The first kappa shape index (κ1) is 56.6. The number of sulfonamides is 2. The molecule has 398 valence electrons. The van der Waals surface area contributed by atoms with Crippen LogP contribution in [0.1, 0.15) is 57.6 Å². The predicted octanol–water partition coefficient (Wildman–Crippen LogP) is 5.19. The Balaban J connectivity index is 1.33. The highest BCUT2D eigenvalue weighted by atomic mass is 32.2. The van der Waals surface area contributed by atoms with E-state index in [1.807, 2.05) is 57.2 Å². The quantitative estimate of drug-likeness (QED) is 0.0353. The number of fused-ring (bicyclic) bond motifs is 1. The van der Waals surface area contributed by atoms with Gasteiger partial charge in [-0.15, -0.1) is 0 Å². The molecule has 0 aromatic heterocycles. The molecule has 5 aromatic rings. The standard InChI is InChI=1S/C51H57FN8O13S2/c1-51(2,3)73-38-24-21-33(22-25-38)30-42-50(64)58-41(15-11-27-55-75(71,72)46-19-9-7-17-44(46)60(67)68)49(63)57-40(14-10-26-54-74(69,70)45-18-8-6-16-43(45)59(65)66)39(52)31-37(48(62)53-32-47(61)56-42)29-34-20-23-35-12-4-5-13-36(35)28-34/h4-9,12-13,16-25,28,31,37,40-42,54-55H,10-11,14-15,26-27,29-30,32H2,1-3H3,(H,53,62)(H,56,61)(H,57,63)(H,58,64)/b39-31-/t37-,40+,41+,42-/m1/s1. The summed E-state index contributed by atoms with van der Waals surface area (Å²) in [7, 11) is -8.97. The maximum atomic E-state index is 17.1. The van der Waals surface area contributed by atoms with E-state index in [-0.39, 0.29) is 38.5 Å². The first-order chi connectivity index (χ1) is 35.5. The van der Waals surface area contributed by atoms with E-state index < -0.39 is 130 Å². The minimum Gasteiger partial charge on any atom is -0.488 e. The third-order valence-electron chi connectivity index (χ3n) is 11.7. The molecule has 0 saturated heterocycles. The van der Waals surface area contributed by atoms with Gasteiger partial charge in [0.2, 0.25) is 43.7 Å². The normalized spacial score (nSPS) is 19.0. The Bertz CT molecular complexity index is 3190. The van der Waals surface area contributed by atoms with Gasteiger partial charge in [-0.2, -0.15) is 0 Å². The fraction of sp³-hybridized carbons (Fsp3) is 0.333. The van der Waals surface area contributed by atoms with Crippen molar-refractivity contribution in [2.24, 2.45) is 5.92 Å². The summed E-state index contributed by atoms with van der Waals surface area (Å²) in [6.45, 7) is 4.11. The van der Waals surface area contributed by atoms with Crippen LogP contribution in [0.25, 0.3) is 10.8 Å². The summed E-state index contributed by atoms with van der Waals surface area (Å²) >= 11 is 0. The van der Waals surface area contributed by atoms with Crippen LogP contribution in [0, 0.1) is 26.1 Å². The first-order valence-electron chi connectivity index (χ1n) is 23.8. The van der Waals surface area contributed by atoms with Crippen LogP contribution in [0.15, 0.2) is 137 Å². The second-order valence-corrected chi connectivity index (χ2v) is 22.1. The van der Waals surface area contributed by atoms with Gasteiger partial charge in [-0.1, -0.05) is 78.9 Å². The number of hydrogen-bond donors (Lipinski definition) is 6. The maximum absolute atomic E-state index is 17.1. The molecule has 24 heteroatoms. The average molecular weight is 1070 g/mol. The minimum atomic E-state index is -4.49. The number of nitrogens with zero attached hydrogens (tertiary/aromatic N) is 2. The number of nitro groups is 2. The Kier molecular flexibility index (Phi) is 18.9. The lowest BCUT2D eigenvalue weighted by Crippen LogP contribution is -2.56. The molecule has 75 heavy (non-hydrogen) atoms. The van der Waals surface area contributed by atoms with Crippen LogP contribution < -0.4 is 35.4 Å². The fourth-order valence-corrected chi connectivity index (χ4v) is 10.6. The van der Waals surface area contributed by atoms with Crippen molar-refractivity contribution in [3.05, 3.63) is 159 Å². The summed E-state index contributed by atoms with van der Waals surface area (Å²) in [5.74, 6) is -5.35. The maximum Gasteiger partial charge on any atom is 0.289 e. The molecule has 4 amide bonds. The Morgan fingerprint density at radius 1 is 0.627 bits per heavy atom. The number of carbonyl (C=O) groups is 4. The highest BCUT2D eigenvalue weighted by molar-refractivity contribution is 7.90. The summed E-state index contributed by atoms with van der Waals surface area (Å²) < 4.78 is 80.6. The molecule has 1 aliphatic rings. The number of carbonyl (C=O) groups excluding carboxylic acids is 4. The van der Waals surface area contributed by atoms with Gasteiger partial charge in [-0.25, -0.2) is 30.7 Å². The van der Waals surface area contributed by atoms with E-state index in [4.69, 9.17) is 4.74 Å². The fourth-order valence-electron chi connectivity index (χ4n) is 8.14. The van der Waals surface area contributed by atoms with Gasteiger partial charge in [0.15, 0.2) is 9.79 Å². The van der Waals surface area contributed by atoms with Crippen molar-refractivity contribution in [2.75, 3.05) is 19.6 Å². The van der Waals surface area contributed by atoms with Crippen LogP contribution in [-0.2, 0) is 52.1 Å². The monoisotopic (exact) mass is 1070 g/mol. The van der Waals surface area contributed by atoms with E-state index in [1.54, 1.807) is 30.3 Å². The summed E-state index contributed by atoms with van der Waals surface area (Å²) in [5, 5.41) is 35.3. The number of ether oxygens (including phenoxy) is 1. The molecule has 1 heterocycles. The zero-order valence-electron chi connectivity index (χ0n) is 41.1. The summed E-state index contributed by atoms with van der Waals surface area (Å²) in [5.41, 5.74) is -0.751. The number of rotatable bonds is 19. The summed E-state index contributed by atoms with van der Waals surface area (Å²) in [6.07, 6.45) is -0.307. The second-order valence-electron chi connectivity index (χ2n) is 18.6. The number of nitrogens with one attached hydrogen (secondary N) is 6. The van der Waals surface area contributed by atoms with Gasteiger partial charge >= 0.3 is 0 Å². The zero-order chi connectivity index (χ0) is 54.5. The van der Waals surface area contributed by atoms with Gasteiger partial charge in [0.05, 0.1) is 28.4 Å². The molecule has 1 aliphatic heterocycles. The molecule has 0 aliphatic carbocycles. The van der Waals surface area contributed by atoms with E-state index in [0.717, 1.165) is 41.1 Å². The van der Waals surface area contributed by atoms with Crippen molar-refractivity contribution in [1.29, 1.82) is 0 Å². The minimum absolute atomic E-state index is 0.0930. The van der Waals surface area contributed by atoms with Crippen molar-refractivity contribution in [1.82, 2.24) is 30.7 Å². The number of hydrogen-bond acceptors (Lipinski definition) is 13. The first-order valence-corrected chi connectivity index (χ1v) is 26.7. The largest absolute Gasteiger partial charge is 0.488 e. The highest BCUT2D eigenvalue weighted by Gasteiger charge is 2.32. The Morgan fingerprint density at radius 3 is 1.71 bits per heavy atom. The van der Waals surface area contributed by atoms with Crippen LogP contribution >= 0.6 is 0 Å². The smallest absolute Gasteiger partial charge is 0.289 e. The predicted molar refractivity (Wildman–Crippen MR) is 275 cm³/mol. The van der Waals surface area contributed by atoms with Gasteiger partial charge in [0.1, 0.15) is 29.3 Å². The molecule has 0 saturated carbocycles. The highest BCUT2D eigenvalue weighted by Crippen LogP contribution is 2.26. The lowest BCUT2D eigenvalue weighted by molar-refractivity contribution is -0.388. The molecule has 6 N–H and O–H groups in total. The van der Waals surface area contributed by atoms with E-state index >= 15 is 4.39 Å². The summed E-state index contributed by atoms with van der Waals surface area (Å²) in [6, 6.07) is 24.2. The molecule has 0 fully saturated rings. The SMILES string of the molecule is CC(C)(C)Oc1ccc(C[C@H]2NC(=O)CNC(=O)[C@H](Cc3ccc4ccccc4c3)/C=C(\F)[C@H](CCCNS(=O)(=O)c3ccccc3[N+](=O)[O-])NC(=O)[C@H](CCCNS(=O)(=O)c3ccccc3[N+](=O)[O-])NC2=O)cc1. The molecule has 0 radical (unpaired) electrons. The van der Waals surface area contributed by atoms with Crippen LogP contribution in [-0.4, -0.2) is 93.7 Å². The molecular weight excluding hydrogens is 1020 g/mol. The third-order valence-corrected chi connectivity index (χ3v) is 14.8. The number of benzene rings is 5. The van der Waals surface area contributed by atoms with Crippen LogP contribution in [0.3, 0.4) is 0 Å². The van der Waals surface area contributed by atoms with Gasteiger partial charge in [0, 0.05) is 31.6 Å². The molecular formula is C51H57FN8O13S2. The Hall–Kier alpha value is -7.67. The van der Waals surface area contributed by atoms with E-state index in [0.29, 0.717) is 16.9 Å². The Labute approximate surface area is 432 Å². The van der Waals surface area contributed by atoms with Crippen molar-refractivity contribution in [3.8, 4) is 5.75 Å². The molecule has 0 spiro atoms. The average Bonchev–Trinajstić information content (AvgIpc) is 3.36. The zero-order valence-corrected chi connectivity index (χ0v) is 42.7. The van der Waals surface area contributed by atoms with Crippen LogP contribution in [0.4, 0.5) is 15.8 Å². The van der Waals surface area contributed by atoms with E-state index in [1.165, 1.54) is 24.3 Å². The molecule has 5 aromatic carbocycles. The van der Waals surface area contributed by atoms with Gasteiger partial charge in [0.25, 0.3) is 11.4 Å². The van der Waals surface area contributed by atoms with Crippen molar-refractivity contribution < 1.29 is 55.0 Å². The third kappa shape index (κ3) is 16.2. The van der Waals surface area contributed by atoms with Crippen molar-refractivity contribution in [3.63, 3.8) is 0 Å². The lowest BCUT2D eigenvalue weighted by Gasteiger charge is -2.26. The molecule has 21 nitrogen and oxygen atoms in total. The number of para-hydroxylation sites is 2. The number of nitro benzene ring substituents is 2. The van der Waals surface area contributed by atoms with Crippen LogP contribution in [0.2, 0.25) is 0 Å². The Morgan fingerprint density at radius 2 is 1.13 bits per heavy atom. The lowest BCUT2D eigenvalue weighted by atomic mass is 9.94. The molecule has 6 rings (SSSR count). The van der Waals surface area contributed by atoms with Crippen molar-refractivity contribution >= 4 is 65.8 Å².